The van der Waals surface area contributed by atoms with E-state index < -0.39 is 11.8 Å². The molecule has 0 aliphatic rings. The molecule has 0 spiro atoms. The lowest BCUT2D eigenvalue weighted by Crippen LogP contribution is -2.41. The molecule has 0 saturated carbocycles. The van der Waals surface area contributed by atoms with Gasteiger partial charge in [-0.3, -0.25) is 25.4 Å². The van der Waals surface area contributed by atoms with E-state index in [1.165, 1.54) is 6.20 Å². The number of carbonyl (C=O) groups excluding carboxylic acids is 2. The zero-order valence-corrected chi connectivity index (χ0v) is 12.1. The van der Waals surface area contributed by atoms with Crippen molar-refractivity contribution in [3.8, 4) is 5.69 Å². The highest BCUT2D eigenvalue weighted by Gasteiger charge is 2.09. The monoisotopic (exact) mass is 306 g/mol. The number of amides is 2. The summed E-state index contributed by atoms with van der Waals surface area (Å²) in [4.78, 5) is 27.7. The van der Waals surface area contributed by atoms with Crippen LogP contribution in [0.2, 0.25) is 0 Å². The smallest absolute Gasteiger partial charge is 0.288 e. The van der Waals surface area contributed by atoms with E-state index in [1.807, 2.05) is 41.2 Å². The highest BCUT2D eigenvalue weighted by Crippen LogP contribution is 2.09. The first-order valence-electron chi connectivity index (χ1n) is 6.99. The van der Waals surface area contributed by atoms with Crippen LogP contribution in [0.25, 0.3) is 5.69 Å². The lowest BCUT2D eigenvalue weighted by molar-refractivity contribution is 0.0844. The fourth-order valence-corrected chi connectivity index (χ4v) is 2.04. The Balaban J connectivity index is 1.61. The molecule has 2 N–H and O–H groups in total. The van der Waals surface area contributed by atoms with Gasteiger partial charge in [-0.1, -0.05) is 6.07 Å². The number of carbonyl (C=O) groups is 2. The molecule has 0 atom stereocenters. The Hall–Kier alpha value is -3.41. The summed E-state index contributed by atoms with van der Waals surface area (Å²) < 4.78 is 1.94. The van der Waals surface area contributed by atoms with E-state index in [9.17, 15) is 9.59 Å². The highest BCUT2D eigenvalue weighted by atomic mass is 16.2. The summed E-state index contributed by atoms with van der Waals surface area (Å²) in [5.74, 6) is -0.865. The number of pyridine rings is 1. The van der Waals surface area contributed by atoms with Gasteiger partial charge in [0.15, 0.2) is 0 Å². The lowest BCUT2D eigenvalue weighted by Gasteiger charge is -2.08. The predicted molar refractivity (Wildman–Crippen MR) is 84.9 cm³/mol. The maximum absolute atomic E-state index is 12.0. The van der Waals surface area contributed by atoms with Crippen molar-refractivity contribution in [2.75, 3.05) is 0 Å². The van der Waals surface area contributed by atoms with Crippen LogP contribution in [0.1, 0.15) is 20.8 Å². The van der Waals surface area contributed by atoms with Crippen molar-refractivity contribution in [3.05, 3.63) is 84.4 Å². The Kier molecular flexibility index (Phi) is 4.15. The summed E-state index contributed by atoms with van der Waals surface area (Å²) in [5, 5.41) is 0. The molecule has 2 aromatic heterocycles. The van der Waals surface area contributed by atoms with Crippen molar-refractivity contribution in [3.63, 3.8) is 0 Å². The van der Waals surface area contributed by atoms with Gasteiger partial charge in [0, 0.05) is 29.8 Å². The molecule has 3 rings (SSSR count). The summed E-state index contributed by atoms with van der Waals surface area (Å²) in [6.45, 7) is 0. The van der Waals surface area contributed by atoms with Gasteiger partial charge >= 0.3 is 0 Å². The third-order valence-corrected chi connectivity index (χ3v) is 3.22. The summed E-state index contributed by atoms with van der Waals surface area (Å²) in [7, 11) is 0. The predicted octanol–water partition coefficient (Wildman–Crippen LogP) is 1.95. The second-order valence-corrected chi connectivity index (χ2v) is 4.76. The SMILES string of the molecule is O=C(NNC(=O)c1ccccn1)c1ccc(-n2cccc2)cc1. The maximum Gasteiger partial charge on any atom is 0.288 e. The van der Waals surface area contributed by atoms with Crippen molar-refractivity contribution in [2.24, 2.45) is 0 Å². The number of hydrogen-bond donors (Lipinski definition) is 2. The van der Waals surface area contributed by atoms with Crippen molar-refractivity contribution in [1.82, 2.24) is 20.4 Å². The molecule has 0 bridgehead atoms. The van der Waals surface area contributed by atoms with Gasteiger partial charge in [-0.25, -0.2) is 0 Å². The standard InChI is InChI=1S/C17H14N4O2/c22-16(19-20-17(23)15-5-1-2-10-18-15)13-6-8-14(9-7-13)21-11-3-4-12-21/h1-12H,(H,19,22)(H,20,23). The number of aromatic nitrogens is 2. The summed E-state index contributed by atoms with van der Waals surface area (Å²) in [6.07, 6.45) is 5.35. The van der Waals surface area contributed by atoms with Gasteiger partial charge in [-0.15, -0.1) is 0 Å². The van der Waals surface area contributed by atoms with Gasteiger partial charge in [0.2, 0.25) is 0 Å². The van der Waals surface area contributed by atoms with Crippen LogP contribution in [-0.4, -0.2) is 21.4 Å². The molecule has 2 amide bonds. The third-order valence-electron chi connectivity index (χ3n) is 3.22. The van der Waals surface area contributed by atoms with E-state index in [0.29, 0.717) is 5.56 Å². The van der Waals surface area contributed by atoms with E-state index in [2.05, 4.69) is 15.8 Å². The number of nitrogens with one attached hydrogen (secondary N) is 2. The minimum Gasteiger partial charge on any atom is -0.324 e. The van der Waals surface area contributed by atoms with Crippen LogP contribution >= 0.6 is 0 Å². The van der Waals surface area contributed by atoms with E-state index in [1.54, 1.807) is 30.3 Å². The van der Waals surface area contributed by atoms with Crippen molar-refractivity contribution < 1.29 is 9.59 Å². The fraction of sp³-hybridized carbons (Fsp3) is 0. The van der Waals surface area contributed by atoms with Gasteiger partial charge in [-0.2, -0.15) is 0 Å². The first kappa shape index (κ1) is 14.5. The molecule has 0 unspecified atom stereocenters. The molecule has 2 heterocycles. The van der Waals surface area contributed by atoms with E-state index in [0.717, 1.165) is 5.69 Å². The van der Waals surface area contributed by atoms with E-state index in [4.69, 9.17) is 0 Å². The molecule has 1 aromatic carbocycles. The zero-order valence-electron chi connectivity index (χ0n) is 12.1. The van der Waals surface area contributed by atoms with Crippen LogP contribution in [0.15, 0.2) is 73.2 Å². The Morgan fingerprint density at radius 1 is 0.826 bits per heavy atom. The zero-order chi connectivity index (χ0) is 16.1. The van der Waals surface area contributed by atoms with Crippen molar-refractivity contribution >= 4 is 11.8 Å². The van der Waals surface area contributed by atoms with Gasteiger partial charge in [-0.05, 0) is 48.5 Å². The van der Waals surface area contributed by atoms with Crippen LogP contribution in [0.3, 0.4) is 0 Å². The number of hydrazine groups is 1. The number of hydrogen-bond acceptors (Lipinski definition) is 3. The Labute approximate surface area is 132 Å². The molecule has 6 heteroatoms. The normalized spacial score (nSPS) is 10.1. The van der Waals surface area contributed by atoms with Crippen LogP contribution in [0.4, 0.5) is 0 Å². The van der Waals surface area contributed by atoms with E-state index in [-0.39, 0.29) is 5.69 Å². The quantitative estimate of drug-likeness (QED) is 0.726. The molecular weight excluding hydrogens is 292 g/mol. The molecule has 0 saturated heterocycles. The minimum absolute atomic E-state index is 0.232. The first-order valence-corrected chi connectivity index (χ1v) is 6.99. The maximum atomic E-state index is 12.0. The Morgan fingerprint density at radius 2 is 1.52 bits per heavy atom. The van der Waals surface area contributed by atoms with Crippen molar-refractivity contribution in [2.45, 2.75) is 0 Å². The third kappa shape index (κ3) is 3.44. The molecule has 0 fully saturated rings. The van der Waals surface area contributed by atoms with Crippen LogP contribution in [-0.2, 0) is 0 Å². The number of rotatable bonds is 3. The average molecular weight is 306 g/mol. The first-order chi connectivity index (χ1) is 11.2. The Bertz CT molecular complexity index is 796. The number of nitrogens with zero attached hydrogens (tertiary/aromatic N) is 2. The largest absolute Gasteiger partial charge is 0.324 e. The molecule has 6 nitrogen and oxygen atoms in total. The second kappa shape index (κ2) is 6.57. The highest BCUT2D eigenvalue weighted by molar-refractivity contribution is 5.98. The second-order valence-electron chi connectivity index (χ2n) is 4.76. The molecule has 0 radical (unpaired) electrons. The van der Waals surface area contributed by atoms with Crippen LogP contribution in [0.5, 0.6) is 0 Å². The summed E-state index contributed by atoms with van der Waals surface area (Å²) >= 11 is 0. The van der Waals surface area contributed by atoms with Gasteiger partial charge in [0.05, 0.1) is 0 Å². The summed E-state index contributed by atoms with van der Waals surface area (Å²) in [6, 6.07) is 15.9. The lowest BCUT2D eigenvalue weighted by atomic mass is 10.2. The fourth-order valence-electron chi connectivity index (χ4n) is 2.04. The molecule has 114 valence electrons. The Morgan fingerprint density at radius 3 is 2.17 bits per heavy atom. The molecule has 3 aromatic rings. The molecular formula is C17H14N4O2. The van der Waals surface area contributed by atoms with Gasteiger partial charge in [0.1, 0.15) is 5.69 Å². The van der Waals surface area contributed by atoms with Crippen molar-refractivity contribution in [1.29, 1.82) is 0 Å². The van der Waals surface area contributed by atoms with Crippen LogP contribution < -0.4 is 10.9 Å². The molecule has 0 aliphatic heterocycles. The number of benzene rings is 1. The average Bonchev–Trinajstić information content (AvgIpc) is 3.15. The van der Waals surface area contributed by atoms with Gasteiger partial charge in [0.25, 0.3) is 11.8 Å². The van der Waals surface area contributed by atoms with Gasteiger partial charge < -0.3 is 4.57 Å². The summed E-state index contributed by atoms with van der Waals surface area (Å²) in [5.41, 5.74) is 6.33. The van der Waals surface area contributed by atoms with E-state index >= 15 is 0 Å². The van der Waals surface area contributed by atoms with Crippen LogP contribution in [0, 0.1) is 0 Å². The molecule has 0 aliphatic carbocycles. The topological polar surface area (TPSA) is 76.0 Å². The molecule has 23 heavy (non-hydrogen) atoms. The minimum atomic E-state index is -0.470.